The van der Waals surface area contributed by atoms with Gasteiger partial charge in [-0.2, -0.15) is 0 Å². The largest absolute Gasteiger partial charge is 0.508 e. The maximum absolute atomic E-state index is 13.2. The van der Waals surface area contributed by atoms with Crippen molar-refractivity contribution in [2.45, 2.75) is 36.8 Å². The molecule has 0 spiro atoms. The smallest absolute Gasteiger partial charge is 0.287 e. The van der Waals surface area contributed by atoms with Crippen LogP contribution in [0, 0.1) is 5.82 Å². The predicted molar refractivity (Wildman–Crippen MR) is 123 cm³/mol. The third-order valence-electron chi connectivity index (χ3n) is 5.69. The van der Waals surface area contributed by atoms with Gasteiger partial charge >= 0.3 is 0 Å². The summed E-state index contributed by atoms with van der Waals surface area (Å²) in [5.74, 6) is -0.347. The van der Waals surface area contributed by atoms with Crippen molar-refractivity contribution < 1.29 is 24.5 Å². The highest BCUT2D eigenvalue weighted by Crippen LogP contribution is 2.48. The number of carbonyl (C=O) groups excluding carboxylic acids is 1. The van der Waals surface area contributed by atoms with Crippen LogP contribution in [0.4, 0.5) is 14.9 Å². The zero-order valence-corrected chi connectivity index (χ0v) is 18.1. The molecule has 0 aliphatic carbocycles. The minimum atomic E-state index is -0.789. The first-order valence-corrected chi connectivity index (χ1v) is 11.3. The molecule has 7 heteroatoms. The number of aromatic hydroxyl groups is 1. The van der Waals surface area contributed by atoms with Gasteiger partial charge in [-0.15, -0.1) is 0 Å². The van der Waals surface area contributed by atoms with Crippen LogP contribution < -0.4 is 4.90 Å². The van der Waals surface area contributed by atoms with Crippen molar-refractivity contribution in [2.75, 3.05) is 4.90 Å². The van der Waals surface area contributed by atoms with Crippen LogP contribution in [-0.2, 0) is 6.61 Å². The number of aliphatic hydroxyl groups is 2. The van der Waals surface area contributed by atoms with Crippen molar-refractivity contribution >= 4 is 22.7 Å². The molecular weight excluding hydrogens is 429 g/mol. The predicted octanol–water partition coefficient (Wildman–Crippen LogP) is 5.32. The molecule has 3 atom stereocenters. The van der Waals surface area contributed by atoms with Crippen molar-refractivity contribution in [3.8, 4) is 5.75 Å². The Morgan fingerprint density at radius 1 is 1.03 bits per heavy atom. The Balaban J connectivity index is 1.63. The maximum Gasteiger partial charge on any atom is 0.287 e. The highest BCUT2D eigenvalue weighted by molar-refractivity contribution is 8.14. The Bertz CT molecular complexity index is 1080. The van der Waals surface area contributed by atoms with Gasteiger partial charge < -0.3 is 15.3 Å². The van der Waals surface area contributed by atoms with Crippen molar-refractivity contribution in [2.24, 2.45) is 0 Å². The van der Waals surface area contributed by atoms with E-state index in [1.54, 1.807) is 29.2 Å². The number of halogens is 1. The number of benzene rings is 3. The lowest BCUT2D eigenvalue weighted by Gasteiger charge is -2.29. The number of hydrogen-bond donors (Lipinski definition) is 3. The second-order valence-corrected chi connectivity index (χ2v) is 8.96. The SMILES string of the molecule is O=C1S[C@@H](CCC(O)c2ccc(F)cc2)[C@@H](c2ccc(CO)cc2O)N1c1ccccc1. The van der Waals surface area contributed by atoms with Crippen LogP contribution in [0.5, 0.6) is 5.75 Å². The van der Waals surface area contributed by atoms with Crippen molar-refractivity contribution in [1.29, 1.82) is 0 Å². The fourth-order valence-corrected chi connectivity index (χ4v) is 5.30. The number of nitrogens with zero attached hydrogens (tertiary/aromatic N) is 1. The van der Waals surface area contributed by atoms with Gasteiger partial charge in [0, 0.05) is 16.5 Å². The molecule has 4 rings (SSSR count). The molecule has 0 aromatic heterocycles. The Kier molecular flexibility index (Phi) is 6.79. The van der Waals surface area contributed by atoms with Gasteiger partial charge in [0.2, 0.25) is 0 Å². The van der Waals surface area contributed by atoms with Gasteiger partial charge in [0.15, 0.2) is 0 Å². The van der Waals surface area contributed by atoms with E-state index >= 15 is 0 Å². The maximum atomic E-state index is 13.2. The van der Waals surface area contributed by atoms with E-state index in [1.165, 1.54) is 30.0 Å². The van der Waals surface area contributed by atoms with E-state index in [1.807, 2.05) is 30.3 Å². The first-order chi connectivity index (χ1) is 15.5. The quantitative estimate of drug-likeness (QED) is 0.451. The number of rotatable bonds is 7. The number of anilines is 1. The number of para-hydroxylation sites is 1. The van der Waals surface area contributed by atoms with Crippen molar-refractivity contribution in [3.05, 3.63) is 95.3 Å². The van der Waals surface area contributed by atoms with E-state index in [4.69, 9.17) is 0 Å². The van der Waals surface area contributed by atoms with Gasteiger partial charge in [-0.05, 0) is 54.3 Å². The van der Waals surface area contributed by atoms with Gasteiger partial charge in [0.1, 0.15) is 11.6 Å². The Morgan fingerprint density at radius 3 is 2.41 bits per heavy atom. The molecule has 5 nitrogen and oxygen atoms in total. The highest BCUT2D eigenvalue weighted by Gasteiger charge is 2.43. The number of phenolic OH excluding ortho intramolecular Hbond substituents is 1. The number of thioether (sulfide) groups is 1. The minimum absolute atomic E-state index is 0.0156. The fourth-order valence-electron chi connectivity index (χ4n) is 4.05. The lowest BCUT2D eigenvalue weighted by atomic mass is 9.94. The molecule has 3 aromatic carbocycles. The number of carbonyl (C=O) groups is 1. The first kappa shape index (κ1) is 22.3. The molecule has 1 aliphatic heterocycles. The highest BCUT2D eigenvalue weighted by atomic mass is 32.2. The standard InChI is InChI=1S/C25H24FNO4S/c26-18-9-7-17(8-10-18)21(29)12-13-23-24(20-11-6-16(15-28)14-22(20)30)27(25(31)32-23)19-4-2-1-3-5-19/h1-11,14,21,23-24,28-30H,12-13,15H2/t21?,23-,24+/m0/s1. The molecule has 3 N–H and O–H groups in total. The molecule has 32 heavy (non-hydrogen) atoms. The van der Waals surface area contributed by atoms with Crippen LogP contribution in [-0.4, -0.2) is 25.8 Å². The summed E-state index contributed by atoms with van der Waals surface area (Å²) in [4.78, 5) is 14.7. The molecule has 1 fully saturated rings. The van der Waals surface area contributed by atoms with Crippen molar-refractivity contribution in [3.63, 3.8) is 0 Å². The summed E-state index contributed by atoms with van der Waals surface area (Å²) in [6.07, 6.45) is 0.0955. The molecule has 1 unspecified atom stereocenters. The zero-order chi connectivity index (χ0) is 22.7. The molecule has 0 radical (unpaired) electrons. The Labute approximate surface area is 190 Å². The average molecular weight is 454 g/mol. The minimum Gasteiger partial charge on any atom is -0.508 e. The molecule has 0 saturated carbocycles. The van der Waals surface area contributed by atoms with E-state index in [9.17, 15) is 24.5 Å². The van der Waals surface area contributed by atoms with Crippen LogP contribution in [0.1, 0.15) is 41.7 Å². The van der Waals surface area contributed by atoms with E-state index in [2.05, 4.69) is 0 Å². The first-order valence-electron chi connectivity index (χ1n) is 10.4. The summed E-state index contributed by atoms with van der Waals surface area (Å²) in [5, 5.41) is 30.3. The molecule has 166 valence electrons. The number of amides is 1. The van der Waals surface area contributed by atoms with Gasteiger partial charge in [0.05, 0.1) is 18.8 Å². The topological polar surface area (TPSA) is 81.0 Å². The summed E-state index contributed by atoms with van der Waals surface area (Å²) >= 11 is 1.19. The number of aliphatic hydroxyl groups excluding tert-OH is 2. The summed E-state index contributed by atoms with van der Waals surface area (Å²) in [6.45, 7) is -0.193. The van der Waals surface area contributed by atoms with E-state index in [-0.39, 0.29) is 28.7 Å². The van der Waals surface area contributed by atoms with Gasteiger partial charge in [-0.25, -0.2) is 4.39 Å². The average Bonchev–Trinajstić information content (AvgIpc) is 3.14. The fraction of sp³-hybridized carbons (Fsp3) is 0.240. The van der Waals surface area contributed by atoms with E-state index in [0.717, 1.165) is 5.69 Å². The van der Waals surface area contributed by atoms with Crippen LogP contribution in [0.15, 0.2) is 72.8 Å². The third kappa shape index (κ3) is 4.65. The van der Waals surface area contributed by atoms with Crippen molar-refractivity contribution in [1.82, 2.24) is 0 Å². The van der Waals surface area contributed by atoms with Gasteiger partial charge in [-0.3, -0.25) is 9.69 Å². The van der Waals surface area contributed by atoms with Crippen LogP contribution in [0.3, 0.4) is 0 Å². The summed E-state index contributed by atoms with van der Waals surface area (Å²) in [5.41, 5.74) is 2.51. The van der Waals surface area contributed by atoms with Gasteiger partial charge in [-0.1, -0.05) is 54.2 Å². The van der Waals surface area contributed by atoms with Crippen LogP contribution in [0.2, 0.25) is 0 Å². The third-order valence-corrected chi connectivity index (χ3v) is 6.88. The Morgan fingerprint density at radius 2 is 1.75 bits per heavy atom. The second-order valence-electron chi connectivity index (χ2n) is 7.77. The lowest BCUT2D eigenvalue weighted by Crippen LogP contribution is -2.29. The summed E-state index contributed by atoms with van der Waals surface area (Å²) < 4.78 is 13.2. The molecule has 0 bridgehead atoms. The summed E-state index contributed by atoms with van der Waals surface area (Å²) in [6, 6.07) is 19.5. The second kappa shape index (κ2) is 9.73. The molecule has 1 saturated heterocycles. The normalized spacial score (nSPS) is 19.3. The lowest BCUT2D eigenvalue weighted by molar-refractivity contribution is 0.163. The molecule has 1 aliphatic rings. The molecule has 1 heterocycles. The van der Waals surface area contributed by atoms with Crippen LogP contribution >= 0.6 is 11.8 Å². The monoisotopic (exact) mass is 453 g/mol. The molecular formula is C25H24FNO4S. The molecule has 1 amide bonds. The molecule has 3 aromatic rings. The van der Waals surface area contributed by atoms with Gasteiger partial charge in [0.25, 0.3) is 5.24 Å². The van der Waals surface area contributed by atoms with Crippen LogP contribution in [0.25, 0.3) is 0 Å². The van der Waals surface area contributed by atoms with E-state index < -0.39 is 12.1 Å². The Hall–Kier alpha value is -2.87. The zero-order valence-electron chi connectivity index (χ0n) is 17.3. The number of phenols is 1. The van der Waals surface area contributed by atoms with E-state index in [0.29, 0.717) is 29.5 Å². The number of hydrogen-bond acceptors (Lipinski definition) is 5. The summed E-state index contributed by atoms with van der Waals surface area (Å²) in [7, 11) is 0.